The molecule has 0 aliphatic rings. The molecule has 0 N–H and O–H groups in total. The molecule has 1 atom stereocenters. The van der Waals surface area contributed by atoms with Gasteiger partial charge < -0.3 is 14.2 Å². The summed E-state index contributed by atoms with van der Waals surface area (Å²) >= 11 is 0. The van der Waals surface area contributed by atoms with Gasteiger partial charge in [-0.15, -0.1) is 0 Å². The Morgan fingerprint density at radius 3 is 0.829 bits per heavy atom. The molecular weight excluding hydrogens is 937 g/mol. The van der Waals surface area contributed by atoms with Crippen molar-refractivity contribution >= 4 is 17.9 Å². The fraction of sp³-hybridized carbons (Fsp3) is 0.786. The number of carbonyl (C=O) groups excluding carboxylic acids is 3. The molecule has 6 nitrogen and oxygen atoms in total. The summed E-state index contributed by atoms with van der Waals surface area (Å²) in [4.78, 5) is 38.3. The van der Waals surface area contributed by atoms with E-state index in [0.717, 1.165) is 109 Å². The van der Waals surface area contributed by atoms with E-state index in [2.05, 4.69) is 93.7 Å². The number of unbranched alkanes of at least 4 members (excludes halogenated alkanes) is 37. The quantitative estimate of drug-likeness (QED) is 0.0261. The first-order chi connectivity index (χ1) is 37.5. The summed E-state index contributed by atoms with van der Waals surface area (Å²) in [5, 5.41) is 0. The second-order valence-corrected chi connectivity index (χ2v) is 22.0. The molecule has 1 unspecified atom stereocenters. The molecule has 0 aromatic heterocycles. The Morgan fingerprint density at radius 2 is 0.513 bits per heavy atom. The van der Waals surface area contributed by atoms with Crippen LogP contribution in [0.25, 0.3) is 0 Å². The Hall–Kier alpha value is -3.15. The van der Waals surface area contributed by atoms with E-state index in [0.29, 0.717) is 19.3 Å². The first-order valence-electron chi connectivity index (χ1n) is 32.9. The van der Waals surface area contributed by atoms with Crippen molar-refractivity contribution < 1.29 is 28.6 Å². The van der Waals surface area contributed by atoms with Crippen molar-refractivity contribution in [3.8, 4) is 0 Å². The second kappa shape index (κ2) is 64.4. The lowest BCUT2D eigenvalue weighted by atomic mass is 10.0. The lowest BCUT2D eigenvalue weighted by Crippen LogP contribution is -2.30. The fourth-order valence-electron chi connectivity index (χ4n) is 9.48. The topological polar surface area (TPSA) is 78.9 Å². The molecule has 0 heterocycles. The van der Waals surface area contributed by atoms with Gasteiger partial charge in [-0.25, -0.2) is 0 Å². The van der Waals surface area contributed by atoms with Crippen molar-refractivity contribution in [1.82, 2.24) is 0 Å². The largest absolute Gasteiger partial charge is 0.462 e. The molecule has 0 amide bonds. The highest BCUT2D eigenvalue weighted by Gasteiger charge is 2.19. The van der Waals surface area contributed by atoms with E-state index >= 15 is 0 Å². The Kier molecular flexibility index (Phi) is 61.7. The van der Waals surface area contributed by atoms with Crippen LogP contribution in [0.5, 0.6) is 0 Å². The molecule has 0 aromatic rings. The molecule has 0 aliphatic carbocycles. The van der Waals surface area contributed by atoms with Crippen LogP contribution in [-0.4, -0.2) is 37.2 Å². The maximum absolute atomic E-state index is 12.9. The van der Waals surface area contributed by atoms with Gasteiger partial charge >= 0.3 is 17.9 Å². The van der Waals surface area contributed by atoms with E-state index in [1.54, 1.807) is 0 Å². The monoisotopic (exact) mass is 1060 g/mol. The summed E-state index contributed by atoms with van der Waals surface area (Å²) in [6.45, 7) is 6.53. The van der Waals surface area contributed by atoms with Gasteiger partial charge in [-0.2, -0.15) is 0 Å². The molecule has 0 spiro atoms. The van der Waals surface area contributed by atoms with Crippen LogP contribution in [0.2, 0.25) is 0 Å². The molecule has 0 aliphatic heterocycles. The van der Waals surface area contributed by atoms with Gasteiger partial charge in [0, 0.05) is 19.3 Å². The lowest BCUT2D eigenvalue weighted by molar-refractivity contribution is -0.167. The highest BCUT2D eigenvalue weighted by atomic mass is 16.6. The number of esters is 3. The van der Waals surface area contributed by atoms with Crippen LogP contribution >= 0.6 is 0 Å². The van der Waals surface area contributed by atoms with Crippen molar-refractivity contribution in [1.29, 1.82) is 0 Å². The van der Waals surface area contributed by atoms with Crippen LogP contribution in [-0.2, 0) is 28.6 Å². The average molecular weight is 1060 g/mol. The Labute approximate surface area is 472 Å². The molecule has 0 fully saturated rings. The van der Waals surface area contributed by atoms with Crippen molar-refractivity contribution in [2.45, 2.75) is 341 Å². The minimum absolute atomic E-state index is 0.0827. The van der Waals surface area contributed by atoms with Crippen LogP contribution in [0.1, 0.15) is 335 Å². The molecule has 0 radical (unpaired) electrons. The highest BCUT2D eigenvalue weighted by Crippen LogP contribution is 2.17. The molecule has 6 heteroatoms. The SMILES string of the molecule is CC/C=C\C/C=C\C/C=C\CCCCCCCC(=O)OCC(COC(=O)CCCCCCCCCCCCCCC/C=C\CCCCCCCCCC)OC(=O)CCCCCCCCC/C=C\C/C=C\CCCCCC. The standard InChI is InChI=1S/C70H124O6/c1-4-7-10-13-16-19-22-25-28-30-32-33-34-35-36-37-38-40-42-45-48-51-54-57-60-63-69(72)75-66-67(65-74-68(71)62-59-56-53-50-47-44-41-27-24-21-18-15-12-9-6-3)76-70(73)64-61-58-55-52-49-46-43-39-31-29-26-23-20-17-14-11-8-5-2/h9,12,18,20-21,23,27,29-32,41,67H,4-8,10-11,13-17,19,22,24-26,28,33-40,42-66H2,1-3H3/b12-9-,21-18-,23-20-,31-29-,32-30-,41-27-. The maximum atomic E-state index is 12.9. The van der Waals surface area contributed by atoms with Crippen LogP contribution in [0.4, 0.5) is 0 Å². The van der Waals surface area contributed by atoms with Gasteiger partial charge in [-0.05, 0) is 109 Å². The number of hydrogen-bond donors (Lipinski definition) is 0. The Balaban J connectivity index is 4.32. The van der Waals surface area contributed by atoms with Gasteiger partial charge in [0.05, 0.1) is 0 Å². The van der Waals surface area contributed by atoms with Crippen LogP contribution in [0, 0.1) is 0 Å². The van der Waals surface area contributed by atoms with Crippen molar-refractivity contribution in [2.75, 3.05) is 13.2 Å². The van der Waals surface area contributed by atoms with Gasteiger partial charge in [0.2, 0.25) is 0 Å². The predicted molar refractivity (Wildman–Crippen MR) is 330 cm³/mol. The molecule has 440 valence electrons. The molecule has 0 bridgehead atoms. The highest BCUT2D eigenvalue weighted by molar-refractivity contribution is 5.71. The fourth-order valence-corrected chi connectivity index (χ4v) is 9.48. The molecular formula is C70H124O6. The summed E-state index contributed by atoms with van der Waals surface area (Å²) in [5.41, 5.74) is 0. The maximum Gasteiger partial charge on any atom is 0.306 e. The normalized spacial score (nSPS) is 12.5. The zero-order valence-corrected chi connectivity index (χ0v) is 50.5. The van der Waals surface area contributed by atoms with Crippen molar-refractivity contribution in [2.24, 2.45) is 0 Å². The summed E-state index contributed by atoms with van der Waals surface area (Å²) in [5.74, 6) is -0.893. The number of ether oxygens (including phenoxy) is 3. The van der Waals surface area contributed by atoms with Crippen LogP contribution < -0.4 is 0 Å². The molecule has 76 heavy (non-hydrogen) atoms. The van der Waals surface area contributed by atoms with E-state index in [-0.39, 0.29) is 31.1 Å². The van der Waals surface area contributed by atoms with Crippen LogP contribution in [0.15, 0.2) is 72.9 Å². The van der Waals surface area contributed by atoms with E-state index < -0.39 is 6.10 Å². The van der Waals surface area contributed by atoms with Gasteiger partial charge in [-0.3, -0.25) is 14.4 Å². The number of carbonyl (C=O) groups is 3. The zero-order valence-electron chi connectivity index (χ0n) is 50.5. The number of hydrogen-bond acceptors (Lipinski definition) is 6. The molecule has 0 rings (SSSR count). The van der Waals surface area contributed by atoms with Gasteiger partial charge in [0.25, 0.3) is 0 Å². The summed E-state index contributed by atoms with van der Waals surface area (Å²) < 4.78 is 16.9. The third kappa shape index (κ3) is 61.7. The summed E-state index contributed by atoms with van der Waals surface area (Å²) in [6.07, 6.45) is 83.4. The molecule has 0 aromatic carbocycles. The second-order valence-electron chi connectivity index (χ2n) is 22.0. The van der Waals surface area contributed by atoms with Crippen LogP contribution in [0.3, 0.4) is 0 Å². The molecule has 0 saturated heterocycles. The van der Waals surface area contributed by atoms with Crippen molar-refractivity contribution in [3.05, 3.63) is 72.9 Å². The first-order valence-corrected chi connectivity index (χ1v) is 32.9. The third-order valence-electron chi connectivity index (χ3n) is 14.4. The summed E-state index contributed by atoms with van der Waals surface area (Å²) in [6, 6.07) is 0. The third-order valence-corrected chi connectivity index (χ3v) is 14.4. The smallest absolute Gasteiger partial charge is 0.306 e. The van der Waals surface area contributed by atoms with E-state index in [1.807, 2.05) is 0 Å². The van der Waals surface area contributed by atoms with Gasteiger partial charge in [0.15, 0.2) is 6.10 Å². The minimum atomic E-state index is -0.788. The Bertz CT molecular complexity index is 1400. The van der Waals surface area contributed by atoms with E-state index in [9.17, 15) is 14.4 Å². The predicted octanol–water partition coefficient (Wildman–Crippen LogP) is 22.5. The lowest BCUT2D eigenvalue weighted by Gasteiger charge is -2.18. The Morgan fingerprint density at radius 1 is 0.276 bits per heavy atom. The zero-order chi connectivity index (χ0) is 55.0. The summed E-state index contributed by atoms with van der Waals surface area (Å²) in [7, 11) is 0. The number of allylic oxidation sites excluding steroid dienone is 12. The number of rotatable bonds is 60. The first kappa shape index (κ1) is 72.8. The van der Waals surface area contributed by atoms with E-state index in [1.165, 1.54) is 186 Å². The van der Waals surface area contributed by atoms with Gasteiger partial charge in [-0.1, -0.05) is 280 Å². The van der Waals surface area contributed by atoms with Crippen molar-refractivity contribution in [3.63, 3.8) is 0 Å². The van der Waals surface area contributed by atoms with Gasteiger partial charge in [0.1, 0.15) is 13.2 Å². The minimum Gasteiger partial charge on any atom is -0.462 e. The average Bonchev–Trinajstić information content (AvgIpc) is 3.42. The molecule has 0 saturated carbocycles. The van der Waals surface area contributed by atoms with E-state index in [4.69, 9.17) is 14.2 Å².